The van der Waals surface area contributed by atoms with Crippen LogP contribution in [0.2, 0.25) is 0 Å². The minimum atomic E-state index is -1.21. The van der Waals surface area contributed by atoms with E-state index in [0.717, 1.165) is 12.2 Å². The highest BCUT2D eigenvalue weighted by atomic mass is 16.4. The fraction of sp³-hybridized carbons (Fsp3) is 0. The van der Waals surface area contributed by atoms with Gasteiger partial charge < -0.3 is 14.8 Å². The molecule has 0 aliphatic heterocycles. The number of carbonyl (C=O) groups excluding carboxylic acids is 1. The van der Waals surface area contributed by atoms with Gasteiger partial charge in [-0.25, -0.2) is 9.59 Å². The number of oxazole rings is 1. The number of H-pyrrole nitrogens is 1. The van der Waals surface area contributed by atoms with Crippen LogP contribution >= 0.6 is 0 Å². The highest BCUT2D eigenvalue weighted by Gasteiger charge is 2.03. The molecule has 0 aliphatic rings. The summed E-state index contributed by atoms with van der Waals surface area (Å²) in [6.07, 6.45) is 1.62. The molecule has 1 aromatic heterocycles. The van der Waals surface area contributed by atoms with Gasteiger partial charge >= 0.3 is 11.7 Å². The van der Waals surface area contributed by atoms with Crippen molar-refractivity contribution in [3.63, 3.8) is 0 Å². The van der Waals surface area contributed by atoms with E-state index in [1.54, 1.807) is 0 Å². The van der Waals surface area contributed by atoms with Crippen LogP contribution in [0.15, 0.2) is 39.6 Å². The molecule has 0 spiro atoms. The summed E-state index contributed by atoms with van der Waals surface area (Å²) < 4.78 is 4.79. The fourth-order valence-electron chi connectivity index (χ4n) is 1.36. The molecule has 2 rings (SSSR count). The Bertz CT molecular complexity index is 695. The summed E-state index contributed by atoms with van der Waals surface area (Å²) in [5.41, 5.74) is 1.23. The summed E-state index contributed by atoms with van der Waals surface area (Å²) in [5.74, 6) is -2.37. The quantitative estimate of drug-likeness (QED) is 0.692. The Hall–Kier alpha value is -2.83. The van der Waals surface area contributed by atoms with Gasteiger partial charge in [-0.3, -0.25) is 9.78 Å². The van der Waals surface area contributed by atoms with Crippen molar-refractivity contribution in [1.29, 1.82) is 0 Å². The first-order chi connectivity index (χ1) is 8.54. The molecule has 0 aliphatic carbocycles. The third-order valence-corrected chi connectivity index (χ3v) is 2.06. The average Bonchev–Trinajstić information content (AvgIpc) is 2.66. The number of amides is 1. The number of carbonyl (C=O) groups is 2. The van der Waals surface area contributed by atoms with Gasteiger partial charge in [-0.2, -0.15) is 0 Å². The van der Waals surface area contributed by atoms with Gasteiger partial charge in [-0.1, -0.05) is 0 Å². The summed E-state index contributed by atoms with van der Waals surface area (Å²) in [7, 11) is 0. The summed E-state index contributed by atoms with van der Waals surface area (Å²) in [6.45, 7) is 0. The zero-order valence-corrected chi connectivity index (χ0v) is 8.97. The molecule has 1 heterocycles. The molecule has 0 saturated heterocycles. The van der Waals surface area contributed by atoms with Crippen LogP contribution in [0.3, 0.4) is 0 Å². The van der Waals surface area contributed by atoms with Crippen LogP contribution in [-0.2, 0) is 9.59 Å². The normalized spacial score (nSPS) is 10.9. The van der Waals surface area contributed by atoms with E-state index >= 15 is 0 Å². The third-order valence-electron chi connectivity index (χ3n) is 2.06. The third kappa shape index (κ3) is 2.64. The number of aliphatic carboxylic acids is 1. The van der Waals surface area contributed by atoms with E-state index in [9.17, 15) is 14.4 Å². The lowest BCUT2D eigenvalue weighted by Gasteiger charge is -2.00. The second-order valence-electron chi connectivity index (χ2n) is 3.39. The Morgan fingerprint density at radius 3 is 2.83 bits per heavy atom. The lowest BCUT2D eigenvalue weighted by atomic mass is 10.3. The first-order valence-corrected chi connectivity index (χ1v) is 4.89. The zero-order valence-electron chi connectivity index (χ0n) is 8.97. The van der Waals surface area contributed by atoms with E-state index in [0.29, 0.717) is 16.8 Å². The van der Waals surface area contributed by atoms with Gasteiger partial charge in [-0.15, -0.1) is 0 Å². The predicted octanol–water partition coefficient (Wildman–Crippen LogP) is 0.700. The van der Waals surface area contributed by atoms with Crippen molar-refractivity contribution in [2.75, 3.05) is 5.32 Å². The van der Waals surface area contributed by atoms with Crippen LogP contribution in [-0.4, -0.2) is 22.0 Å². The van der Waals surface area contributed by atoms with Crippen molar-refractivity contribution in [3.8, 4) is 0 Å². The summed E-state index contributed by atoms with van der Waals surface area (Å²) in [5, 5.41) is 10.8. The van der Waals surface area contributed by atoms with E-state index < -0.39 is 17.6 Å². The molecule has 3 N–H and O–H groups in total. The van der Waals surface area contributed by atoms with Crippen LogP contribution in [0.25, 0.3) is 11.1 Å². The molecular weight excluding hydrogens is 240 g/mol. The molecule has 7 nitrogen and oxygen atoms in total. The Balaban J connectivity index is 2.19. The number of aromatic nitrogens is 1. The first kappa shape index (κ1) is 11.6. The number of hydrogen-bond donors (Lipinski definition) is 3. The topological polar surface area (TPSA) is 112 Å². The van der Waals surface area contributed by atoms with Gasteiger partial charge in [0.25, 0.3) is 0 Å². The van der Waals surface area contributed by atoms with Crippen LogP contribution in [0.4, 0.5) is 5.69 Å². The number of aromatic amines is 1. The van der Waals surface area contributed by atoms with Gasteiger partial charge in [0.2, 0.25) is 5.91 Å². The number of nitrogens with one attached hydrogen (secondary N) is 2. The predicted molar refractivity (Wildman–Crippen MR) is 62.2 cm³/mol. The van der Waals surface area contributed by atoms with Crippen molar-refractivity contribution in [3.05, 3.63) is 40.9 Å². The highest BCUT2D eigenvalue weighted by molar-refractivity contribution is 6.02. The lowest BCUT2D eigenvalue weighted by molar-refractivity contribution is -0.131. The second kappa shape index (κ2) is 4.58. The van der Waals surface area contributed by atoms with Crippen LogP contribution in [0.1, 0.15) is 0 Å². The Morgan fingerprint density at radius 2 is 2.11 bits per heavy atom. The fourth-order valence-corrected chi connectivity index (χ4v) is 1.36. The molecule has 0 unspecified atom stereocenters. The number of rotatable bonds is 3. The van der Waals surface area contributed by atoms with Gasteiger partial charge in [0, 0.05) is 17.8 Å². The van der Waals surface area contributed by atoms with Gasteiger partial charge in [0.1, 0.15) is 0 Å². The molecule has 7 heteroatoms. The van der Waals surface area contributed by atoms with Crippen molar-refractivity contribution in [1.82, 2.24) is 4.98 Å². The molecular formula is C11H8N2O5. The van der Waals surface area contributed by atoms with Crippen LogP contribution in [0, 0.1) is 0 Å². The first-order valence-electron chi connectivity index (χ1n) is 4.89. The summed E-state index contributed by atoms with van der Waals surface area (Å²) >= 11 is 0. The number of anilines is 1. The number of fused-ring (bicyclic) bond motifs is 1. The van der Waals surface area contributed by atoms with Gasteiger partial charge in [-0.05, 0) is 18.2 Å². The van der Waals surface area contributed by atoms with Crippen molar-refractivity contribution >= 4 is 28.7 Å². The van der Waals surface area contributed by atoms with E-state index in [1.165, 1.54) is 18.2 Å². The maximum absolute atomic E-state index is 11.3. The van der Waals surface area contributed by atoms with Gasteiger partial charge in [0.15, 0.2) is 5.58 Å². The smallest absolute Gasteiger partial charge is 0.417 e. The van der Waals surface area contributed by atoms with Crippen molar-refractivity contribution < 1.29 is 19.1 Å². The largest absolute Gasteiger partial charge is 0.478 e. The molecule has 18 heavy (non-hydrogen) atoms. The Labute approximate surface area is 99.7 Å². The zero-order chi connectivity index (χ0) is 13.1. The minimum Gasteiger partial charge on any atom is -0.478 e. The maximum atomic E-state index is 11.3. The maximum Gasteiger partial charge on any atom is 0.417 e. The number of hydrogen-bond acceptors (Lipinski definition) is 4. The van der Waals surface area contributed by atoms with Crippen LogP contribution in [0.5, 0.6) is 0 Å². The summed E-state index contributed by atoms with van der Waals surface area (Å²) in [6, 6.07) is 4.56. The van der Waals surface area contributed by atoms with Crippen LogP contribution < -0.4 is 11.1 Å². The number of carboxylic acids is 1. The van der Waals surface area contributed by atoms with Crippen molar-refractivity contribution in [2.24, 2.45) is 0 Å². The molecule has 1 aromatic carbocycles. The van der Waals surface area contributed by atoms with E-state index in [4.69, 9.17) is 9.52 Å². The molecule has 1 amide bonds. The van der Waals surface area contributed by atoms with E-state index in [1.807, 2.05) is 0 Å². The Kier molecular flexibility index (Phi) is 2.96. The molecule has 0 fully saturated rings. The standard InChI is InChI=1S/C11H8N2O5/c14-9(3-4-10(15)16)12-6-1-2-8-7(5-6)13-11(17)18-8/h1-5H,(H,12,14)(H,13,17)(H,15,16)/b4-3+. The van der Waals surface area contributed by atoms with E-state index in [-0.39, 0.29) is 0 Å². The molecule has 2 aromatic rings. The molecule has 0 radical (unpaired) electrons. The molecule has 92 valence electrons. The number of benzene rings is 1. The summed E-state index contributed by atoms with van der Waals surface area (Å²) in [4.78, 5) is 34.9. The minimum absolute atomic E-state index is 0.374. The number of carboxylic acid groups (broad SMARTS) is 1. The average molecular weight is 248 g/mol. The Morgan fingerprint density at radius 1 is 1.33 bits per heavy atom. The monoisotopic (exact) mass is 248 g/mol. The highest BCUT2D eigenvalue weighted by Crippen LogP contribution is 2.15. The molecule has 0 saturated carbocycles. The van der Waals surface area contributed by atoms with Crippen molar-refractivity contribution in [2.45, 2.75) is 0 Å². The SMILES string of the molecule is O=C(O)/C=C/C(=O)Nc1ccc2oc(=O)[nH]c2c1. The van der Waals surface area contributed by atoms with E-state index in [2.05, 4.69) is 10.3 Å². The van der Waals surface area contributed by atoms with Gasteiger partial charge in [0.05, 0.1) is 5.52 Å². The second-order valence-corrected chi connectivity index (χ2v) is 3.39. The molecule has 0 atom stereocenters. The molecule has 0 bridgehead atoms. The lowest BCUT2D eigenvalue weighted by Crippen LogP contribution is -2.08.